The monoisotopic (exact) mass is 304 g/mol. The van der Waals surface area contributed by atoms with Crippen molar-refractivity contribution in [3.8, 4) is 0 Å². The van der Waals surface area contributed by atoms with Crippen molar-refractivity contribution in [3.05, 3.63) is 28.8 Å². The van der Waals surface area contributed by atoms with Gasteiger partial charge in [-0.15, -0.1) is 0 Å². The van der Waals surface area contributed by atoms with Crippen LogP contribution in [0.3, 0.4) is 0 Å². The zero-order valence-electron chi connectivity index (χ0n) is 13.1. The topological polar surface area (TPSA) is 32.3 Å². The molecule has 0 aliphatic carbocycles. The van der Waals surface area contributed by atoms with Crippen LogP contribution in [-0.2, 0) is 4.79 Å². The minimum atomic E-state index is 0.00815. The van der Waals surface area contributed by atoms with Crippen LogP contribution in [0.1, 0.15) is 29.5 Å². The number of hydrogen-bond donors (Lipinski definition) is 1. The van der Waals surface area contributed by atoms with Crippen molar-refractivity contribution in [1.29, 1.82) is 0 Å². The smallest absolute Gasteiger partial charge is 0.244 e. The van der Waals surface area contributed by atoms with Crippen molar-refractivity contribution < 1.29 is 4.79 Å². The predicted molar refractivity (Wildman–Crippen MR) is 90.3 cm³/mol. The Morgan fingerprint density at radius 3 is 2.52 bits per heavy atom. The number of anilines is 1. The molecule has 2 heterocycles. The summed E-state index contributed by atoms with van der Waals surface area (Å²) < 4.78 is 0. The van der Waals surface area contributed by atoms with Gasteiger partial charge < -0.3 is 10.2 Å². The average molecular weight is 304 g/mol. The van der Waals surface area contributed by atoms with Crippen molar-refractivity contribution in [2.75, 3.05) is 23.0 Å². The molecule has 2 atom stereocenters. The van der Waals surface area contributed by atoms with Gasteiger partial charge in [0.25, 0.3) is 0 Å². The molecule has 0 spiro atoms. The highest BCUT2D eigenvalue weighted by molar-refractivity contribution is 7.99. The van der Waals surface area contributed by atoms with E-state index in [0.29, 0.717) is 6.04 Å². The first kappa shape index (κ1) is 14.9. The largest absolute Gasteiger partial charge is 0.310 e. The summed E-state index contributed by atoms with van der Waals surface area (Å²) in [6.07, 6.45) is 2.11. The van der Waals surface area contributed by atoms with Crippen LogP contribution in [0, 0.1) is 20.8 Å². The van der Waals surface area contributed by atoms with Gasteiger partial charge in [-0.1, -0.05) is 17.7 Å². The van der Waals surface area contributed by atoms with E-state index >= 15 is 0 Å². The van der Waals surface area contributed by atoms with Gasteiger partial charge in [-0.05, 0) is 50.5 Å². The average Bonchev–Trinajstić information content (AvgIpc) is 3.02. The Morgan fingerprint density at radius 1 is 1.19 bits per heavy atom. The normalized spacial score (nSPS) is 25.9. The molecule has 2 fully saturated rings. The molecule has 114 valence electrons. The summed E-state index contributed by atoms with van der Waals surface area (Å²) >= 11 is 1.98. The van der Waals surface area contributed by atoms with Crippen LogP contribution in [0.2, 0.25) is 0 Å². The first-order valence-electron chi connectivity index (χ1n) is 7.79. The third-order valence-corrected chi connectivity index (χ3v) is 5.64. The van der Waals surface area contributed by atoms with E-state index in [9.17, 15) is 4.79 Å². The summed E-state index contributed by atoms with van der Waals surface area (Å²) in [6.45, 7) is 7.16. The molecule has 0 aromatic heterocycles. The van der Waals surface area contributed by atoms with Crippen molar-refractivity contribution in [2.45, 2.75) is 45.7 Å². The fourth-order valence-electron chi connectivity index (χ4n) is 3.61. The molecule has 2 aliphatic rings. The zero-order chi connectivity index (χ0) is 15.0. The SMILES string of the molecule is Cc1cc(C)c(N2CC[C@@H](N[C@@H]3CCSC3)C2=O)c(C)c1. The number of benzene rings is 1. The van der Waals surface area contributed by atoms with E-state index in [-0.39, 0.29) is 11.9 Å². The number of nitrogens with one attached hydrogen (secondary N) is 1. The van der Waals surface area contributed by atoms with Gasteiger partial charge in [-0.3, -0.25) is 4.79 Å². The lowest BCUT2D eigenvalue weighted by molar-refractivity contribution is -0.119. The summed E-state index contributed by atoms with van der Waals surface area (Å²) in [4.78, 5) is 14.7. The highest BCUT2D eigenvalue weighted by Gasteiger charge is 2.35. The van der Waals surface area contributed by atoms with Gasteiger partial charge >= 0.3 is 0 Å². The van der Waals surface area contributed by atoms with Gasteiger partial charge in [-0.2, -0.15) is 11.8 Å². The Kier molecular flexibility index (Phi) is 4.27. The van der Waals surface area contributed by atoms with E-state index in [0.717, 1.165) is 24.4 Å². The van der Waals surface area contributed by atoms with Crippen LogP contribution in [-0.4, -0.2) is 36.0 Å². The van der Waals surface area contributed by atoms with E-state index < -0.39 is 0 Å². The Morgan fingerprint density at radius 2 is 1.90 bits per heavy atom. The summed E-state index contributed by atoms with van der Waals surface area (Å²) in [5.74, 6) is 2.62. The van der Waals surface area contributed by atoms with Crippen LogP contribution >= 0.6 is 11.8 Å². The number of carbonyl (C=O) groups is 1. The second-order valence-corrected chi connectivity index (χ2v) is 7.46. The molecular weight excluding hydrogens is 280 g/mol. The lowest BCUT2D eigenvalue weighted by Crippen LogP contribution is -2.44. The molecule has 0 bridgehead atoms. The van der Waals surface area contributed by atoms with Gasteiger partial charge in [-0.25, -0.2) is 0 Å². The fraction of sp³-hybridized carbons (Fsp3) is 0.588. The van der Waals surface area contributed by atoms with Crippen LogP contribution in [0.25, 0.3) is 0 Å². The van der Waals surface area contributed by atoms with Gasteiger partial charge in [0.1, 0.15) is 0 Å². The van der Waals surface area contributed by atoms with Crippen LogP contribution < -0.4 is 10.2 Å². The third-order valence-electron chi connectivity index (χ3n) is 4.48. The minimum Gasteiger partial charge on any atom is -0.310 e. The van der Waals surface area contributed by atoms with E-state index in [1.165, 1.54) is 28.9 Å². The van der Waals surface area contributed by atoms with Crippen molar-refractivity contribution >= 4 is 23.4 Å². The number of aryl methyl sites for hydroxylation is 3. The molecule has 3 nitrogen and oxygen atoms in total. The highest BCUT2D eigenvalue weighted by Crippen LogP contribution is 2.30. The van der Waals surface area contributed by atoms with Crippen molar-refractivity contribution in [3.63, 3.8) is 0 Å². The maximum Gasteiger partial charge on any atom is 0.244 e. The molecule has 0 saturated carbocycles. The maximum absolute atomic E-state index is 12.7. The van der Waals surface area contributed by atoms with Gasteiger partial charge in [0.15, 0.2) is 0 Å². The predicted octanol–water partition coefficient (Wildman–Crippen LogP) is 2.81. The second-order valence-electron chi connectivity index (χ2n) is 6.31. The Balaban J connectivity index is 1.77. The van der Waals surface area contributed by atoms with Gasteiger partial charge in [0.05, 0.1) is 6.04 Å². The highest BCUT2D eigenvalue weighted by atomic mass is 32.2. The van der Waals surface area contributed by atoms with Crippen molar-refractivity contribution in [2.24, 2.45) is 0 Å². The number of carbonyl (C=O) groups excluding carboxylic acids is 1. The van der Waals surface area contributed by atoms with Gasteiger partial charge in [0.2, 0.25) is 5.91 Å². The fourth-order valence-corrected chi connectivity index (χ4v) is 4.77. The zero-order valence-corrected chi connectivity index (χ0v) is 13.9. The lowest BCUT2D eigenvalue weighted by atomic mass is 10.0. The van der Waals surface area contributed by atoms with E-state index in [2.05, 4.69) is 38.2 Å². The van der Waals surface area contributed by atoms with Crippen LogP contribution in [0.15, 0.2) is 12.1 Å². The summed E-state index contributed by atoms with van der Waals surface area (Å²) in [7, 11) is 0. The molecule has 1 aromatic rings. The van der Waals surface area contributed by atoms with E-state index in [4.69, 9.17) is 0 Å². The van der Waals surface area contributed by atoms with Crippen LogP contribution in [0.4, 0.5) is 5.69 Å². The molecular formula is C17H24N2OS. The minimum absolute atomic E-state index is 0.00815. The van der Waals surface area contributed by atoms with E-state index in [1.54, 1.807) is 0 Å². The Labute approximate surface area is 131 Å². The molecule has 1 N–H and O–H groups in total. The molecule has 4 heteroatoms. The number of thioether (sulfide) groups is 1. The molecule has 2 saturated heterocycles. The third kappa shape index (κ3) is 2.97. The first-order valence-corrected chi connectivity index (χ1v) is 8.95. The van der Waals surface area contributed by atoms with Gasteiger partial charge in [0, 0.05) is 24.0 Å². The molecule has 3 rings (SSSR count). The Bertz CT molecular complexity index is 529. The molecule has 21 heavy (non-hydrogen) atoms. The number of hydrogen-bond acceptors (Lipinski definition) is 3. The molecule has 1 amide bonds. The summed E-state index contributed by atoms with van der Waals surface area (Å²) in [5.41, 5.74) is 4.80. The standard InChI is InChI=1S/C17H24N2OS/c1-11-8-12(2)16(13(3)9-11)19-6-4-15(17(19)20)18-14-5-7-21-10-14/h8-9,14-15,18H,4-7,10H2,1-3H3/t14-,15-/m1/s1. The number of nitrogens with zero attached hydrogens (tertiary/aromatic N) is 1. The van der Waals surface area contributed by atoms with Crippen molar-refractivity contribution in [1.82, 2.24) is 5.32 Å². The first-order chi connectivity index (χ1) is 10.1. The number of rotatable bonds is 3. The number of amides is 1. The summed E-state index contributed by atoms with van der Waals surface area (Å²) in [6, 6.07) is 4.87. The Hall–Kier alpha value is -1.00. The quantitative estimate of drug-likeness (QED) is 0.932. The molecule has 1 aromatic carbocycles. The molecule has 0 unspecified atom stereocenters. The van der Waals surface area contributed by atoms with Crippen LogP contribution in [0.5, 0.6) is 0 Å². The maximum atomic E-state index is 12.7. The molecule has 0 radical (unpaired) electrons. The van der Waals surface area contributed by atoms with E-state index in [1.807, 2.05) is 16.7 Å². The lowest BCUT2D eigenvalue weighted by Gasteiger charge is -2.23. The molecule has 2 aliphatic heterocycles. The second kappa shape index (κ2) is 6.01. The summed E-state index contributed by atoms with van der Waals surface area (Å²) in [5, 5.41) is 3.57.